The van der Waals surface area contributed by atoms with E-state index < -0.39 is 0 Å². The third-order valence-electron chi connectivity index (χ3n) is 3.48. The van der Waals surface area contributed by atoms with E-state index in [1.807, 2.05) is 18.2 Å². The van der Waals surface area contributed by atoms with Crippen molar-refractivity contribution in [3.05, 3.63) is 30.2 Å². The summed E-state index contributed by atoms with van der Waals surface area (Å²) in [4.78, 5) is 13.7. The SMILES string of the molecule is CCCNc1cc(-c2ncccc2OC)nc(C2CC2)n1. The van der Waals surface area contributed by atoms with E-state index in [9.17, 15) is 0 Å². The number of methoxy groups -OCH3 is 1. The Morgan fingerprint density at radius 1 is 1.33 bits per heavy atom. The second-order valence-corrected chi connectivity index (χ2v) is 5.25. The Morgan fingerprint density at radius 3 is 2.90 bits per heavy atom. The number of anilines is 1. The van der Waals surface area contributed by atoms with E-state index in [0.29, 0.717) is 5.92 Å². The second kappa shape index (κ2) is 6.08. The molecule has 5 nitrogen and oxygen atoms in total. The van der Waals surface area contributed by atoms with Crippen LogP contribution in [-0.4, -0.2) is 28.6 Å². The molecule has 1 N–H and O–H groups in total. The van der Waals surface area contributed by atoms with Gasteiger partial charge >= 0.3 is 0 Å². The van der Waals surface area contributed by atoms with Crippen LogP contribution in [0.2, 0.25) is 0 Å². The summed E-state index contributed by atoms with van der Waals surface area (Å²) < 4.78 is 5.39. The molecule has 1 saturated carbocycles. The lowest BCUT2D eigenvalue weighted by Crippen LogP contribution is -2.06. The molecule has 1 fully saturated rings. The van der Waals surface area contributed by atoms with Gasteiger partial charge in [-0.25, -0.2) is 9.97 Å². The molecule has 0 bridgehead atoms. The Kier molecular flexibility index (Phi) is 3.99. The van der Waals surface area contributed by atoms with E-state index in [0.717, 1.165) is 41.7 Å². The van der Waals surface area contributed by atoms with Gasteiger partial charge in [0.2, 0.25) is 0 Å². The molecule has 21 heavy (non-hydrogen) atoms. The normalized spacial score (nSPS) is 14.0. The summed E-state index contributed by atoms with van der Waals surface area (Å²) in [7, 11) is 1.65. The lowest BCUT2D eigenvalue weighted by molar-refractivity contribution is 0.414. The van der Waals surface area contributed by atoms with Gasteiger partial charge in [-0.05, 0) is 31.4 Å². The van der Waals surface area contributed by atoms with E-state index in [1.165, 1.54) is 12.8 Å². The van der Waals surface area contributed by atoms with Gasteiger partial charge in [-0.1, -0.05) is 6.92 Å². The minimum Gasteiger partial charge on any atom is -0.494 e. The average Bonchev–Trinajstić information content (AvgIpc) is 3.37. The largest absolute Gasteiger partial charge is 0.494 e. The van der Waals surface area contributed by atoms with E-state index in [1.54, 1.807) is 13.3 Å². The molecule has 0 spiro atoms. The van der Waals surface area contributed by atoms with Crippen molar-refractivity contribution in [1.29, 1.82) is 0 Å². The van der Waals surface area contributed by atoms with Crippen molar-refractivity contribution >= 4 is 5.82 Å². The summed E-state index contributed by atoms with van der Waals surface area (Å²) in [6.07, 6.45) is 5.17. The Hall–Kier alpha value is -2.17. The summed E-state index contributed by atoms with van der Waals surface area (Å²) in [5, 5.41) is 3.35. The van der Waals surface area contributed by atoms with Crippen LogP contribution in [-0.2, 0) is 0 Å². The zero-order chi connectivity index (χ0) is 14.7. The summed E-state index contributed by atoms with van der Waals surface area (Å²) in [5.41, 5.74) is 1.59. The van der Waals surface area contributed by atoms with Crippen molar-refractivity contribution in [1.82, 2.24) is 15.0 Å². The maximum Gasteiger partial charge on any atom is 0.146 e. The number of rotatable bonds is 6. The van der Waals surface area contributed by atoms with Crippen LogP contribution >= 0.6 is 0 Å². The number of hydrogen-bond acceptors (Lipinski definition) is 5. The van der Waals surface area contributed by atoms with Crippen molar-refractivity contribution < 1.29 is 4.74 Å². The standard InChI is InChI=1S/C16H20N4O/c1-3-8-17-14-10-12(19-16(20-14)11-6-7-11)15-13(21-2)5-4-9-18-15/h4-5,9-11H,3,6-8H2,1-2H3,(H,17,19,20). The van der Waals surface area contributed by atoms with Crippen LogP contribution in [0.25, 0.3) is 11.4 Å². The maximum atomic E-state index is 5.39. The number of nitrogens with zero attached hydrogens (tertiary/aromatic N) is 3. The molecule has 2 aromatic heterocycles. The number of aromatic nitrogens is 3. The van der Waals surface area contributed by atoms with Gasteiger partial charge in [0.15, 0.2) is 0 Å². The molecule has 1 aliphatic carbocycles. The fraction of sp³-hybridized carbons (Fsp3) is 0.438. The Bertz CT molecular complexity index is 625. The number of pyridine rings is 1. The predicted octanol–water partition coefficient (Wildman–Crippen LogP) is 3.25. The van der Waals surface area contributed by atoms with E-state index in [-0.39, 0.29) is 0 Å². The summed E-state index contributed by atoms with van der Waals surface area (Å²) in [6.45, 7) is 3.04. The summed E-state index contributed by atoms with van der Waals surface area (Å²) >= 11 is 0. The van der Waals surface area contributed by atoms with Gasteiger partial charge in [0.25, 0.3) is 0 Å². The number of ether oxygens (including phenoxy) is 1. The number of hydrogen-bond donors (Lipinski definition) is 1. The second-order valence-electron chi connectivity index (χ2n) is 5.25. The van der Waals surface area contributed by atoms with Crippen LogP contribution in [0.5, 0.6) is 5.75 Å². The average molecular weight is 284 g/mol. The van der Waals surface area contributed by atoms with Crippen LogP contribution in [0.3, 0.4) is 0 Å². The highest BCUT2D eigenvalue weighted by molar-refractivity contribution is 5.65. The Morgan fingerprint density at radius 2 is 2.19 bits per heavy atom. The van der Waals surface area contributed by atoms with Crippen molar-refractivity contribution in [3.63, 3.8) is 0 Å². The van der Waals surface area contributed by atoms with Crippen LogP contribution in [0, 0.1) is 0 Å². The zero-order valence-electron chi connectivity index (χ0n) is 12.5. The molecule has 3 rings (SSSR count). The van der Waals surface area contributed by atoms with Gasteiger partial charge in [0.05, 0.1) is 12.8 Å². The summed E-state index contributed by atoms with van der Waals surface area (Å²) in [6, 6.07) is 5.72. The van der Waals surface area contributed by atoms with Crippen molar-refractivity contribution in [3.8, 4) is 17.1 Å². The third-order valence-corrected chi connectivity index (χ3v) is 3.48. The van der Waals surface area contributed by atoms with Crippen molar-refractivity contribution in [2.45, 2.75) is 32.1 Å². The summed E-state index contributed by atoms with van der Waals surface area (Å²) in [5.74, 6) is 3.02. The molecule has 110 valence electrons. The van der Waals surface area contributed by atoms with Gasteiger partial charge in [-0.3, -0.25) is 4.98 Å². The molecule has 0 atom stereocenters. The molecule has 0 unspecified atom stereocenters. The van der Waals surface area contributed by atoms with Gasteiger partial charge < -0.3 is 10.1 Å². The highest BCUT2D eigenvalue weighted by Crippen LogP contribution is 2.39. The molecule has 0 radical (unpaired) electrons. The minimum absolute atomic E-state index is 0.502. The van der Waals surface area contributed by atoms with Gasteiger partial charge in [0, 0.05) is 24.7 Å². The van der Waals surface area contributed by atoms with Crippen LogP contribution < -0.4 is 10.1 Å². The Balaban J connectivity index is 2.01. The van der Waals surface area contributed by atoms with Crippen LogP contribution in [0.15, 0.2) is 24.4 Å². The fourth-order valence-electron chi connectivity index (χ4n) is 2.20. The smallest absolute Gasteiger partial charge is 0.146 e. The maximum absolute atomic E-state index is 5.39. The first kappa shape index (κ1) is 13.8. The topological polar surface area (TPSA) is 59.9 Å². The molecular formula is C16H20N4O. The molecule has 0 aromatic carbocycles. The Labute approximate surface area is 124 Å². The highest BCUT2D eigenvalue weighted by Gasteiger charge is 2.28. The van der Waals surface area contributed by atoms with Crippen LogP contribution in [0.1, 0.15) is 37.9 Å². The molecule has 2 heterocycles. The third kappa shape index (κ3) is 3.12. The highest BCUT2D eigenvalue weighted by atomic mass is 16.5. The minimum atomic E-state index is 0.502. The van der Waals surface area contributed by atoms with E-state index in [4.69, 9.17) is 4.74 Å². The molecule has 5 heteroatoms. The molecular weight excluding hydrogens is 264 g/mol. The predicted molar refractivity (Wildman–Crippen MR) is 82.6 cm³/mol. The zero-order valence-corrected chi connectivity index (χ0v) is 12.5. The molecule has 0 aliphatic heterocycles. The molecule has 1 aliphatic rings. The molecule has 0 saturated heterocycles. The quantitative estimate of drug-likeness (QED) is 0.882. The van der Waals surface area contributed by atoms with E-state index >= 15 is 0 Å². The van der Waals surface area contributed by atoms with E-state index in [2.05, 4.69) is 27.2 Å². The fourth-order valence-corrected chi connectivity index (χ4v) is 2.20. The van der Waals surface area contributed by atoms with Crippen LogP contribution in [0.4, 0.5) is 5.82 Å². The molecule has 2 aromatic rings. The first-order chi connectivity index (χ1) is 10.3. The van der Waals surface area contributed by atoms with Gasteiger partial charge in [-0.15, -0.1) is 0 Å². The first-order valence-electron chi connectivity index (χ1n) is 7.44. The lowest BCUT2D eigenvalue weighted by Gasteiger charge is -2.11. The lowest BCUT2D eigenvalue weighted by atomic mass is 10.2. The molecule has 0 amide bonds. The van der Waals surface area contributed by atoms with Crippen molar-refractivity contribution in [2.24, 2.45) is 0 Å². The first-order valence-corrected chi connectivity index (χ1v) is 7.44. The number of nitrogens with one attached hydrogen (secondary N) is 1. The monoisotopic (exact) mass is 284 g/mol. The van der Waals surface area contributed by atoms with Gasteiger partial charge in [-0.2, -0.15) is 0 Å². The van der Waals surface area contributed by atoms with Gasteiger partial charge in [0.1, 0.15) is 23.1 Å². The van der Waals surface area contributed by atoms with Crippen molar-refractivity contribution in [2.75, 3.05) is 19.0 Å².